The van der Waals surface area contributed by atoms with Gasteiger partial charge in [0.15, 0.2) is 0 Å². The van der Waals surface area contributed by atoms with Gasteiger partial charge in [0.25, 0.3) is 0 Å². The summed E-state index contributed by atoms with van der Waals surface area (Å²) in [4.78, 5) is 4.79. The molecule has 1 fully saturated rings. The van der Waals surface area contributed by atoms with Crippen molar-refractivity contribution in [2.24, 2.45) is 0 Å². The first kappa shape index (κ1) is 17.5. The molecule has 0 bridgehead atoms. The summed E-state index contributed by atoms with van der Waals surface area (Å²) in [5.74, 6) is 1.24. The maximum Gasteiger partial charge on any atom is 0.235 e. The molecule has 1 N–H and O–H groups in total. The lowest BCUT2D eigenvalue weighted by Crippen LogP contribution is -2.44. The van der Waals surface area contributed by atoms with Gasteiger partial charge in [0.2, 0.25) is 11.8 Å². The Bertz CT molecular complexity index is 839. The average molecular weight is 363 g/mol. The lowest BCUT2D eigenvalue weighted by Gasteiger charge is -2.34. The number of aromatic nitrogens is 2. The molecule has 27 heavy (non-hydrogen) atoms. The van der Waals surface area contributed by atoms with Gasteiger partial charge in [-0.3, -0.25) is 0 Å². The molecule has 1 saturated heterocycles. The minimum Gasteiger partial charge on any atom is -0.423 e. The molecule has 6 nitrogen and oxygen atoms in total. The highest BCUT2D eigenvalue weighted by molar-refractivity contribution is 5.55. The minimum atomic E-state index is 0.523. The third-order valence-corrected chi connectivity index (χ3v) is 4.89. The summed E-state index contributed by atoms with van der Waals surface area (Å²) < 4.78 is 5.74. The fourth-order valence-electron chi connectivity index (χ4n) is 3.23. The Hall–Kier alpha value is -2.86. The summed E-state index contributed by atoms with van der Waals surface area (Å²) >= 11 is 0. The fourth-order valence-corrected chi connectivity index (χ4v) is 3.23. The van der Waals surface area contributed by atoms with E-state index in [2.05, 4.69) is 68.8 Å². The van der Waals surface area contributed by atoms with Gasteiger partial charge in [0.05, 0.1) is 13.0 Å². The molecule has 1 aliphatic heterocycles. The zero-order chi connectivity index (χ0) is 18.5. The molecule has 140 valence electrons. The van der Waals surface area contributed by atoms with Gasteiger partial charge in [-0.05, 0) is 36.9 Å². The van der Waals surface area contributed by atoms with Crippen molar-refractivity contribution in [1.82, 2.24) is 15.1 Å². The Kier molecular flexibility index (Phi) is 5.34. The second-order valence-electron chi connectivity index (χ2n) is 6.94. The SMILES string of the molecule is CN1CCN(c2ccc(NCc3nnc(Cc4ccccc4)o3)cc2)CC1. The molecule has 1 aliphatic rings. The Labute approximate surface area is 159 Å². The first-order valence-electron chi connectivity index (χ1n) is 9.39. The van der Waals surface area contributed by atoms with Crippen molar-refractivity contribution in [2.45, 2.75) is 13.0 Å². The zero-order valence-corrected chi connectivity index (χ0v) is 15.6. The standard InChI is InChI=1S/C21H25N5O/c1-25-11-13-26(14-12-25)19-9-7-18(8-10-19)22-16-21-24-23-20(27-21)15-17-5-3-2-4-6-17/h2-10,22H,11-16H2,1H3. The van der Waals surface area contributed by atoms with Crippen LogP contribution in [0.4, 0.5) is 11.4 Å². The first-order valence-corrected chi connectivity index (χ1v) is 9.39. The Morgan fingerprint density at radius 3 is 2.33 bits per heavy atom. The van der Waals surface area contributed by atoms with E-state index in [4.69, 9.17) is 4.42 Å². The average Bonchev–Trinajstić information content (AvgIpc) is 3.16. The Balaban J connectivity index is 1.30. The molecule has 0 atom stereocenters. The first-order chi connectivity index (χ1) is 13.3. The molecular formula is C21H25N5O. The number of hydrogen-bond acceptors (Lipinski definition) is 6. The molecule has 0 aliphatic carbocycles. The van der Waals surface area contributed by atoms with E-state index in [-0.39, 0.29) is 0 Å². The van der Waals surface area contributed by atoms with Crippen molar-refractivity contribution in [3.63, 3.8) is 0 Å². The van der Waals surface area contributed by atoms with E-state index in [9.17, 15) is 0 Å². The van der Waals surface area contributed by atoms with Gasteiger partial charge in [0, 0.05) is 37.6 Å². The van der Waals surface area contributed by atoms with Crippen molar-refractivity contribution in [3.05, 3.63) is 71.9 Å². The molecule has 4 rings (SSSR count). The van der Waals surface area contributed by atoms with E-state index >= 15 is 0 Å². The molecule has 0 spiro atoms. The number of nitrogens with one attached hydrogen (secondary N) is 1. The van der Waals surface area contributed by atoms with Gasteiger partial charge >= 0.3 is 0 Å². The molecule has 1 aromatic heterocycles. The van der Waals surface area contributed by atoms with Gasteiger partial charge in [-0.25, -0.2) is 0 Å². The highest BCUT2D eigenvalue weighted by Crippen LogP contribution is 2.20. The van der Waals surface area contributed by atoms with Crippen molar-refractivity contribution in [2.75, 3.05) is 43.4 Å². The van der Waals surface area contributed by atoms with Gasteiger partial charge < -0.3 is 19.5 Å². The molecule has 3 aromatic rings. The fraction of sp³-hybridized carbons (Fsp3) is 0.333. The van der Waals surface area contributed by atoms with Crippen LogP contribution in [0.1, 0.15) is 17.3 Å². The van der Waals surface area contributed by atoms with E-state index < -0.39 is 0 Å². The Morgan fingerprint density at radius 1 is 0.889 bits per heavy atom. The highest BCUT2D eigenvalue weighted by Gasteiger charge is 2.14. The van der Waals surface area contributed by atoms with Crippen LogP contribution in [0.2, 0.25) is 0 Å². The number of rotatable bonds is 6. The van der Waals surface area contributed by atoms with Gasteiger partial charge in [-0.1, -0.05) is 30.3 Å². The topological polar surface area (TPSA) is 57.4 Å². The number of anilines is 2. The predicted molar refractivity (Wildman–Crippen MR) is 107 cm³/mol. The summed E-state index contributed by atoms with van der Waals surface area (Å²) in [6.45, 7) is 4.91. The lowest BCUT2D eigenvalue weighted by atomic mass is 10.2. The minimum absolute atomic E-state index is 0.523. The monoisotopic (exact) mass is 363 g/mol. The third kappa shape index (κ3) is 4.65. The maximum atomic E-state index is 5.74. The Morgan fingerprint density at radius 2 is 1.59 bits per heavy atom. The summed E-state index contributed by atoms with van der Waals surface area (Å²) in [6, 6.07) is 18.7. The molecule has 2 heterocycles. The second kappa shape index (κ2) is 8.22. The lowest BCUT2D eigenvalue weighted by molar-refractivity contribution is 0.313. The van der Waals surface area contributed by atoms with Crippen LogP contribution in [0.5, 0.6) is 0 Å². The molecule has 2 aromatic carbocycles. The molecule has 6 heteroatoms. The zero-order valence-electron chi connectivity index (χ0n) is 15.6. The van der Waals surface area contributed by atoms with E-state index in [0.717, 1.165) is 31.9 Å². The third-order valence-electron chi connectivity index (χ3n) is 4.89. The van der Waals surface area contributed by atoms with Crippen LogP contribution in [0.15, 0.2) is 59.0 Å². The van der Waals surface area contributed by atoms with E-state index in [1.54, 1.807) is 0 Å². The summed E-state index contributed by atoms with van der Waals surface area (Å²) in [5, 5.41) is 11.6. The van der Waals surface area contributed by atoms with Crippen LogP contribution in [0.3, 0.4) is 0 Å². The van der Waals surface area contributed by atoms with E-state index in [1.807, 2.05) is 18.2 Å². The van der Waals surface area contributed by atoms with Crippen LogP contribution in [0.25, 0.3) is 0 Å². The van der Waals surface area contributed by atoms with Crippen LogP contribution < -0.4 is 10.2 Å². The van der Waals surface area contributed by atoms with Crippen molar-refractivity contribution in [3.8, 4) is 0 Å². The highest BCUT2D eigenvalue weighted by atomic mass is 16.4. The molecular weight excluding hydrogens is 338 g/mol. The van der Waals surface area contributed by atoms with Crippen LogP contribution in [0, 0.1) is 0 Å². The van der Waals surface area contributed by atoms with Crippen LogP contribution in [-0.4, -0.2) is 48.3 Å². The maximum absolute atomic E-state index is 5.74. The van der Waals surface area contributed by atoms with Crippen molar-refractivity contribution >= 4 is 11.4 Å². The smallest absolute Gasteiger partial charge is 0.235 e. The summed E-state index contributed by atoms with van der Waals surface area (Å²) in [7, 11) is 2.17. The quantitative estimate of drug-likeness (QED) is 0.726. The number of hydrogen-bond donors (Lipinski definition) is 1. The van der Waals surface area contributed by atoms with Crippen molar-refractivity contribution < 1.29 is 4.42 Å². The van der Waals surface area contributed by atoms with Crippen LogP contribution >= 0.6 is 0 Å². The number of likely N-dealkylation sites (N-methyl/N-ethyl adjacent to an activating group) is 1. The largest absolute Gasteiger partial charge is 0.423 e. The predicted octanol–water partition coefficient (Wildman–Crippen LogP) is 3.02. The van der Waals surface area contributed by atoms with Gasteiger partial charge in [-0.2, -0.15) is 0 Å². The number of nitrogens with zero attached hydrogens (tertiary/aromatic N) is 4. The number of benzene rings is 2. The normalized spacial score (nSPS) is 15.1. The summed E-state index contributed by atoms with van der Waals surface area (Å²) in [6.07, 6.45) is 0.660. The van der Waals surface area contributed by atoms with E-state index in [1.165, 1.54) is 11.3 Å². The second-order valence-corrected chi connectivity index (χ2v) is 6.94. The molecule has 0 saturated carbocycles. The van der Waals surface area contributed by atoms with Crippen LogP contribution in [-0.2, 0) is 13.0 Å². The molecule has 0 amide bonds. The molecule has 0 radical (unpaired) electrons. The van der Waals surface area contributed by atoms with Crippen molar-refractivity contribution in [1.29, 1.82) is 0 Å². The summed E-state index contributed by atoms with van der Waals surface area (Å²) in [5.41, 5.74) is 3.49. The van der Waals surface area contributed by atoms with Gasteiger partial charge in [-0.15, -0.1) is 10.2 Å². The van der Waals surface area contributed by atoms with E-state index in [0.29, 0.717) is 24.7 Å². The van der Waals surface area contributed by atoms with Gasteiger partial charge in [0.1, 0.15) is 0 Å². The molecule has 0 unspecified atom stereocenters. The number of piperazine rings is 1.